The molecule has 0 saturated heterocycles. The number of nitrogens with one attached hydrogen (secondary N) is 1. The number of aromatic nitrogens is 2. The van der Waals surface area contributed by atoms with E-state index in [1.54, 1.807) is 25.1 Å². The number of para-hydroxylation sites is 1. The summed E-state index contributed by atoms with van der Waals surface area (Å²) in [4.78, 5) is 41.2. The van der Waals surface area contributed by atoms with Gasteiger partial charge in [0.05, 0.1) is 20.2 Å². The van der Waals surface area contributed by atoms with E-state index < -0.39 is 11.2 Å². The van der Waals surface area contributed by atoms with Crippen LogP contribution >= 0.6 is 11.6 Å². The van der Waals surface area contributed by atoms with Gasteiger partial charge in [0.2, 0.25) is 11.8 Å². The van der Waals surface area contributed by atoms with Gasteiger partial charge in [0.25, 0.3) is 5.09 Å². The van der Waals surface area contributed by atoms with Crippen molar-refractivity contribution in [2.75, 3.05) is 25.5 Å². The highest BCUT2D eigenvalue weighted by molar-refractivity contribution is 6.33. The van der Waals surface area contributed by atoms with Crippen LogP contribution in [-0.2, 0) is 11.4 Å². The zero-order valence-corrected chi connectivity index (χ0v) is 16.8. The number of halogens is 1. The summed E-state index contributed by atoms with van der Waals surface area (Å²) in [5.41, 5.74) is 0.591. The number of rotatable bonds is 6. The number of aryl methyl sites for hydroxylation is 1. The Kier molecular flexibility index (Phi) is 6.47. The minimum Gasteiger partial charge on any atom is -0.479 e. The number of nitrogens with zero attached hydrogens (tertiary/aromatic N) is 5. The number of hydrogen-bond donors (Lipinski definition) is 1. The molecule has 0 atom stereocenters. The van der Waals surface area contributed by atoms with Crippen molar-refractivity contribution in [2.45, 2.75) is 13.5 Å². The van der Waals surface area contributed by atoms with Gasteiger partial charge in [-0.3, -0.25) is 4.99 Å². The molecule has 3 rings (SSSR count). The summed E-state index contributed by atoms with van der Waals surface area (Å²) in [6.45, 7) is 1.88. The lowest BCUT2D eigenvalue weighted by Gasteiger charge is -2.20. The fourth-order valence-electron chi connectivity index (χ4n) is 2.60. The van der Waals surface area contributed by atoms with Gasteiger partial charge < -0.3 is 19.6 Å². The molecule has 1 aliphatic rings. The number of carbonyl (C=O) groups is 1. The lowest BCUT2D eigenvalue weighted by molar-refractivity contribution is -0.763. The number of methoxy groups -OCH3 is 1. The normalized spacial score (nSPS) is 12.9. The molecule has 0 spiro atoms. The summed E-state index contributed by atoms with van der Waals surface area (Å²) in [6.07, 6.45) is -0.740. The lowest BCUT2D eigenvalue weighted by atomic mass is 10.2. The van der Waals surface area contributed by atoms with Gasteiger partial charge in [-0.15, -0.1) is 10.1 Å². The van der Waals surface area contributed by atoms with Crippen LogP contribution in [0.25, 0.3) is 0 Å². The van der Waals surface area contributed by atoms with Gasteiger partial charge in [0, 0.05) is 5.56 Å². The third-order valence-corrected chi connectivity index (χ3v) is 4.20. The van der Waals surface area contributed by atoms with Crippen LogP contribution in [0.3, 0.4) is 0 Å². The molecule has 1 aromatic carbocycles. The molecule has 0 saturated carbocycles. The molecule has 0 fully saturated rings. The van der Waals surface area contributed by atoms with Gasteiger partial charge >= 0.3 is 6.09 Å². The molecular formula is C17H17ClN6O6. The molecule has 158 valence electrons. The topological polar surface area (TPSA) is 141 Å². The molecule has 1 N–H and O–H groups in total. The molecule has 0 bridgehead atoms. The Hall–Kier alpha value is -3.67. The molecule has 2 aromatic rings. The Morgan fingerprint density at radius 2 is 2.13 bits per heavy atom. The summed E-state index contributed by atoms with van der Waals surface area (Å²) in [6, 6.07) is 6.33. The molecule has 2 heterocycles. The maximum absolute atomic E-state index is 12.7. The molecule has 1 aliphatic heterocycles. The van der Waals surface area contributed by atoms with E-state index in [9.17, 15) is 14.9 Å². The van der Waals surface area contributed by atoms with Crippen LogP contribution in [0.2, 0.25) is 5.15 Å². The first kappa shape index (κ1) is 21.0. The summed E-state index contributed by atoms with van der Waals surface area (Å²) in [7, 11) is 1.43. The summed E-state index contributed by atoms with van der Waals surface area (Å²) < 4.78 is 10.6. The maximum atomic E-state index is 12.7. The first-order valence-electron chi connectivity index (χ1n) is 8.63. The Bertz CT molecular complexity index is 1000. The number of anilines is 1. The van der Waals surface area contributed by atoms with E-state index in [2.05, 4.69) is 25.1 Å². The second kappa shape index (κ2) is 9.22. The van der Waals surface area contributed by atoms with Crippen LogP contribution in [-0.4, -0.2) is 52.2 Å². The highest BCUT2D eigenvalue weighted by atomic mass is 35.5. The van der Waals surface area contributed by atoms with Crippen molar-refractivity contribution >= 4 is 29.3 Å². The first-order valence-corrected chi connectivity index (χ1v) is 9.01. The molecule has 12 nitrogen and oxygen atoms in total. The molecule has 0 aliphatic carbocycles. The average Bonchev–Trinajstić information content (AvgIpc) is 3.17. The van der Waals surface area contributed by atoms with Gasteiger partial charge in [-0.25, -0.2) is 14.7 Å². The van der Waals surface area contributed by atoms with Gasteiger partial charge in [-0.05, 0) is 13.0 Å². The quantitative estimate of drug-likeness (QED) is 0.410. The number of ether oxygens (including phenoxy) is 2. The third kappa shape index (κ3) is 4.84. The van der Waals surface area contributed by atoms with Gasteiger partial charge in [0.1, 0.15) is 23.9 Å². The molecule has 1 aromatic heterocycles. The molecular weight excluding hydrogens is 420 g/mol. The van der Waals surface area contributed by atoms with Gasteiger partial charge in [-0.2, -0.15) is 4.98 Å². The zero-order chi connectivity index (χ0) is 21.7. The average molecular weight is 437 g/mol. The molecule has 30 heavy (non-hydrogen) atoms. The smallest absolute Gasteiger partial charge is 0.422 e. The van der Waals surface area contributed by atoms with E-state index in [0.717, 1.165) is 0 Å². The third-order valence-electron chi connectivity index (χ3n) is 3.93. The highest BCUT2D eigenvalue weighted by Gasteiger charge is 2.28. The van der Waals surface area contributed by atoms with Crippen molar-refractivity contribution in [3.05, 3.63) is 50.9 Å². The summed E-state index contributed by atoms with van der Waals surface area (Å²) in [5.74, 6) is 0.912. The van der Waals surface area contributed by atoms with Crippen molar-refractivity contribution in [3.63, 3.8) is 0 Å². The number of guanidine groups is 1. The highest BCUT2D eigenvalue weighted by Crippen LogP contribution is 2.30. The van der Waals surface area contributed by atoms with Crippen LogP contribution in [0.15, 0.2) is 29.3 Å². The Labute approximate surface area is 175 Å². The molecule has 0 unspecified atom stereocenters. The number of benzene rings is 1. The number of hydrogen-bond acceptors (Lipinski definition) is 10. The van der Waals surface area contributed by atoms with Crippen LogP contribution in [0, 0.1) is 17.0 Å². The molecule has 1 amide bonds. The fourth-order valence-corrected chi connectivity index (χ4v) is 2.85. The predicted molar refractivity (Wildman–Crippen MR) is 105 cm³/mol. The van der Waals surface area contributed by atoms with Gasteiger partial charge in [0.15, 0.2) is 5.15 Å². The van der Waals surface area contributed by atoms with Crippen molar-refractivity contribution in [1.82, 2.24) is 14.9 Å². The van der Waals surface area contributed by atoms with Crippen LogP contribution < -0.4 is 14.8 Å². The Balaban J connectivity index is 1.76. The number of carbonyl (C=O) groups excluding carboxylic acids is 1. The van der Waals surface area contributed by atoms with E-state index in [1.165, 1.54) is 18.1 Å². The minimum absolute atomic E-state index is 0.101. The summed E-state index contributed by atoms with van der Waals surface area (Å²) >= 11 is 6.18. The zero-order valence-electron chi connectivity index (χ0n) is 16.0. The number of amides is 1. The fraction of sp³-hybridized carbons (Fsp3) is 0.294. The van der Waals surface area contributed by atoms with E-state index in [-0.39, 0.29) is 41.6 Å². The van der Waals surface area contributed by atoms with E-state index in [0.29, 0.717) is 17.9 Å². The Morgan fingerprint density at radius 1 is 1.37 bits per heavy atom. The van der Waals surface area contributed by atoms with Gasteiger partial charge in [-0.1, -0.05) is 29.8 Å². The van der Waals surface area contributed by atoms with E-state index >= 15 is 0 Å². The lowest BCUT2D eigenvalue weighted by Crippen LogP contribution is -2.40. The predicted octanol–water partition coefficient (Wildman–Crippen LogP) is 2.44. The minimum atomic E-state index is -0.922. The molecule has 0 radical (unpaired) electrons. The van der Waals surface area contributed by atoms with Crippen LogP contribution in [0.5, 0.6) is 11.6 Å². The van der Waals surface area contributed by atoms with Crippen molar-refractivity contribution < 1.29 is 24.2 Å². The van der Waals surface area contributed by atoms with Crippen molar-refractivity contribution in [2.24, 2.45) is 4.99 Å². The second-order valence-corrected chi connectivity index (χ2v) is 6.26. The first-order chi connectivity index (χ1) is 14.4. The van der Waals surface area contributed by atoms with Crippen molar-refractivity contribution in [1.29, 1.82) is 0 Å². The molecule has 13 heteroatoms. The standard InChI is InChI=1S/C17H17ClN6O6/c1-10-20-14(18)13(15(21-10)28-2)22-16-19-7-8-23(16)17(25)30-12-6-4-3-5-11(12)9-29-24(26)27/h3-6H,7-9H2,1-2H3,(H,19,22). The summed E-state index contributed by atoms with van der Waals surface area (Å²) in [5, 5.41) is 12.5. The second-order valence-electron chi connectivity index (χ2n) is 5.90. The maximum Gasteiger partial charge on any atom is 0.422 e. The largest absolute Gasteiger partial charge is 0.479 e. The number of aliphatic imine (C=N–C) groups is 1. The van der Waals surface area contributed by atoms with Crippen LogP contribution in [0.1, 0.15) is 11.4 Å². The van der Waals surface area contributed by atoms with Crippen LogP contribution in [0.4, 0.5) is 10.5 Å². The SMILES string of the molecule is COc1nc(C)nc(Cl)c1NC1=NCCN1C(=O)Oc1ccccc1CO[N+](=O)[O-]. The Morgan fingerprint density at radius 3 is 2.87 bits per heavy atom. The monoisotopic (exact) mass is 436 g/mol. The van der Waals surface area contributed by atoms with E-state index in [4.69, 9.17) is 21.1 Å². The van der Waals surface area contributed by atoms with E-state index in [1.807, 2.05) is 0 Å². The van der Waals surface area contributed by atoms with Crippen molar-refractivity contribution in [3.8, 4) is 11.6 Å².